The van der Waals surface area contributed by atoms with Crippen molar-refractivity contribution >= 4 is 16.9 Å². The van der Waals surface area contributed by atoms with Gasteiger partial charge in [0.15, 0.2) is 11.2 Å². The number of hydrogen-bond acceptors (Lipinski definition) is 3. The summed E-state index contributed by atoms with van der Waals surface area (Å²) in [7, 11) is 1.65. The van der Waals surface area contributed by atoms with Crippen molar-refractivity contribution in [1.82, 2.24) is 23.1 Å². The van der Waals surface area contributed by atoms with Crippen molar-refractivity contribution in [3.05, 3.63) is 57.4 Å². The molecule has 1 aromatic carbocycles. The zero-order chi connectivity index (χ0) is 18.6. The maximum atomic E-state index is 12.9. The largest absolute Gasteiger partial charge is 0.332 e. The van der Waals surface area contributed by atoms with Gasteiger partial charge < -0.3 is 4.57 Å². The number of benzene rings is 1. The lowest BCUT2D eigenvalue weighted by atomic mass is 10.1. The highest BCUT2D eigenvalue weighted by Crippen LogP contribution is 2.28. The first kappa shape index (κ1) is 16.4. The van der Waals surface area contributed by atoms with Crippen LogP contribution in [0.3, 0.4) is 0 Å². The Bertz CT molecular complexity index is 1240. The SMILES string of the molecule is CCn1c(=O)c2c(nc3n(C(C)C)c(-c4ccccc4)cn23)n(C)c1=O. The normalized spacial score (nSPS) is 11.9. The first-order valence-electron chi connectivity index (χ1n) is 8.74. The topological polar surface area (TPSA) is 66.2 Å². The van der Waals surface area contributed by atoms with E-state index in [1.54, 1.807) is 14.0 Å². The summed E-state index contributed by atoms with van der Waals surface area (Å²) in [5.74, 6) is 0.662. The summed E-state index contributed by atoms with van der Waals surface area (Å²) in [4.78, 5) is 30.0. The van der Waals surface area contributed by atoms with Crippen LogP contribution in [0.1, 0.15) is 26.8 Å². The van der Waals surface area contributed by atoms with Crippen LogP contribution in [-0.4, -0.2) is 23.1 Å². The van der Waals surface area contributed by atoms with E-state index in [0.29, 0.717) is 23.5 Å². The summed E-state index contributed by atoms with van der Waals surface area (Å²) in [6.45, 7) is 6.27. The number of aryl methyl sites for hydroxylation is 1. The standard InChI is InChI=1S/C19H21N5O2/c1-5-22-17(25)15-16(21(4)19(22)26)20-18-23(15)11-14(24(18)12(2)3)13-9-7-6-8-10-13/h6-12H,5H2,1-4H3. The molecule has 0 radical (unpaired) electrons. The lowest BCUT2D eigenvalue weighted by Gasteiger charge is -2.12. The predicted molar refractivity (Wildman–Crippen MR) is 102 cm³/mol. The average molecular weight is 351 g/mol. The molecule has 7 nitrogen and oxygen atoms in total. The zero-order valence-corrected chi connectivity index (χ0v) is 15.3. The van der Waals surface area contributed by atoms with Crippen molar-refractivity contribution in [2.45, 2.75) is 33.4 Å². The number of aromatic nitrogens is 5. The third-order valence-electron chi connectivity index (χ3n) is 4.79. The van der Waals surface area contributed by atoms with Gasteiger partial charge in [0.2, 0.25) is 5.78 Å². The van der Waals surface area contributed by atoms with Crippen molar-refractivity contribution < 1.29 is 0 Å². The third kappa shape index (κ3) is 2.09. The molecular weight excluding hydrogens is 330 g/mol. The van der Waals surface area contributed by atoms with Crippen LogP contribution >= 0.6 is 0 Å². The molecule has 0 aliphatic carbocycles. The van der Waals surface area contributed by atoms with Crippen LogP contribution in [0.5, 0.6) is 0 Å². The van der Waals surface area contributed by atoms with Gasteiger partial charge in [0.05, 0.1) is 5.69 Å². The molecule has 7 heteroatoms. The Morgan fingerprint density at radius 2 is 1.81 bits per heavy atom. The molecule has 0 bridgehead atoms. The van der Waals surface area contributed by atoms with Crippen molar-refractivity contribution in [1.29, 1.82) is 0 Å². The Labute approximate surface area is 149 Å². The second kappa shape index (κ2) is 5.72. The van der Waals surface area contributed by atoms with E-state index in [-0.39, 0.29) is 17.3 Å². The van der Waals surface area contributed by atoms with Gasteiger partial charge in [-0.1, -0.05) is 30.3 Å². The minimum Gasteiger partial charge on any atom is -0.307 e. The molecule has 3 aromatic heterocycles. The molecule has 4 aromatic rings. The molecule has 0 fully saturated rings. The first-order chi connectivity index (χ1) is 12.5. The Morgan fingerprint density at radius 1 is 1.12 bits per heavy atom. The van der Waals surface area contributed by atoms with Gasteiger partial charge in [0, 0.05) is 25.8 Å². The van der Waals surface area contributed by atoms with E-state index >= 15 is 0 Å². The van der Waals surface area contributed by atoms with Crippen LogP contribution in [0.25, 0.3) is 28.2 Å². The second-order valence-corrected chi connectivity index (χ2v) is 6.69. The van der Waals surface area contributed by atoms with Gasteiger partial charge in [-0.2, -0.15) is 4.98 Å². The molecular formula is C19H21N5O2. The number of hydrogen-bond donors (Lipinski definition) is 0. The Hall–Kier alpha value is -3.09. The predicted octanol–water partition coefficient (Wildman–Crippen LogP) is 2.42. The first-order valence-corrected chi connectivity index (χ1v) is 8.74. The summed E-state index contributed by atoms with van der Waals surface area (Å²) in [5, 5.41) is 0. The van der Waals surface area contributed by atoms with Gasteiger partial charge >= 0.3 is 5.69 Å². The molecule has 0 aliphatic rings. The fraction of sp³-hybridized carbons (Fsp3) is 0.316. The van der Waals surface area contributed by atoms with Gasteiger partial charge in [-0.3, -0.25) is 18.3 Å². The van der Waals surface area contributed by atoms with Gasteiger partial charge in [-0.25, -0.2) is 4.79 Å². The third-order valence-corrected chi connectivity index (χ3v) is 4.79. The zero-order valence-electron chi connectivity index (χ0n) is 15.3. The van der Waals surface area contributed by atoms with Crippen LogP contribution in [0.15, 0.2) is 46.1 Å². The molecule has 0 N–H and O–H groups in total. The molecule has 4 rings (SSSR count). The van der Waals surface area contributed by atoms with Crippen LogP contribution in [0, 0.1) is 0 Å². The van der Waals surface area contributed by atoms with Crippen molar-refractivity contribution in [2.24, 2.45) is 7.05 Å². The Balaban J connectivity index is 2.20. The molecule has 0 atom stereocenters. The highest BCUT2D eigenvalue weighted by atomic mass is 16.2. The summed E-state index contributed by atoms with van der Waals surface area (Å²) in [6.07, 6.45) is 1.94. The average Bonchev–Trinajstić information content (AvgIpc) is 3.17. The molecule has 0 aliphatic heterocycles. The number of fused-ring (bicyclic) bond motifs is 3. The smallest absolute Gasteiger partial charge is 0.307 e. The van der Waals surface area contributed by atoms with Crippen molar-refractivity contribution in [3.63, 3.8) is 0 Å². The lowest BCUT2D eigenvalue weighted by molar-refractivity contribution is 0.620. The maximum Gasteiger partial charge on any atom is 0.332 e. The number of rotatable bonds is 3. The highest BCUT2D eigenvalue weighted by molar-refractivity contribution is 5.78. The fourth-order valence-electron chi connectivity index (χ4n) is 3.52. The van der Waals surface area contributed by atoms with E-state index in [1.807, 2.05) is 40.9 Å². The molecule has 3 heterocycles. The summed E-state index contributed by atoms with van der Waals surface area (Å²) < 4.78 is 6.59. The van der Waals surface area contributed by atoms with Crippen LogP contribution in [-0.2, 0) is 13.6 Å². The van der Waals surface area contributed by atoms with Gasteiger partial charge in [-0.05, 0) is 26.3 Å². The summed E-state index contributed by atoms with van der Waals surface area (Å²) in [6, 6.07) is 10.2. The number of imidazole rings is 2. The van der Waals surface area contributed by atoms with Gasteiger partial charge in [0.1, 0.15) is 0 Å². The summed E-state index contributed by atoms with van der Waals surface area (Å²) >= 11 is 0. The minimum atomic E-state index is -0.342. The molecule has 0 saturated heterocycles. The van der Waals surface area contributed by atoms with Crippen LogP contribution in [0.4, 0.5) is 0 Å². The van der Waals surface area contributed by atoms with E-state index in [4.69, 9.17) is 0 Å². The second-order valence-electron chi connectivity index (χ2n) is 6.69. The monoisotopic (exact) mass is 351 g/mol. The van der Waals surface area contributed by atoms with Gasteiger partial charge in [-0.15, -0.1) is 0 Å². The maximum absolute atomic E-state index is 12.9. The fourth-order valence-corrected chi connectivity index (χ4v) is 3.52. The van der Waals surface area contributed by atoms with Crippen molar-refractivity contribution in [2.75, 3.05) is 0 Å². The molecule has 134 valence electrons. The minimum absolute atomic E-state index is 0.143. The quantitative estimate of drug-likeness (QED) is 0.569. The lowest BCUT2D eigenvalue weighted by Crippen LogP contribution is -2.38. The van der Waals surface area contributed by atoms with Crippen molar-refractivity contribution in [3.8, 4) is 11.3 Å². The summed E-state index contributed by atoms with van der Waals surface area (Å²) in [5.41, 5.74) is 2.24. The van der Waals surface area contributed by atoms with E-state index < -0.39 is 0 Å². The van der Waals surface area contributed by atoms with E-state index in [9.17, 15) is 9.59 Å². The molecule has 0 unspecified atom stereocenters. The van der Waals surface area contributed by atoms with Crippen LogP contribution in [0.2, 0.25) is 0 Å². The number of nitrogens with zero attached hydrogens (tertiary/aromatic N) is 5. The van der Waals surface area contributed by atoms with E-state index in [1.165, 1.54) is 9.13 Å². The Morgan fingerprint density at radius 3 is 2.42 bits per heavy atom. The Kier molecular flexibility index (Phi) is 3.61. The van der Waals surface area contributed by atoms with Gasteiger partial charge in [0.25, 0.3) is 5.56 Å². The molecule has 0 saturated carbocycles. The van der Waals surface area contributed by atoms with E-state index in [2.05, 4.69) is 23.4 Å². The molecule has 26 heavy (non-hydrogen) atoms. The van der Waals surface area contributed by atoms with E-state index in [0.717, 1.165) is 11.3 Å². The van der Waals surface area contributed by atoms with Crippen LogP contribution < -0.4 is 11.2 Å². The molecule has 0 spiro atoms. The highest BCUT2D eigenvalue weighted by Gasteiger charge is 2.22. The molecule has 0 amide bonds.